The van der Waals surface area contributed by atoms with E-state index in [2.05, 4.69) is 24.4 Å². The third kappa shape index (κ3) is 4.73. The molecule has 0 aliphatic heterocycles. The van der Waals surface area contributed by atoms with E-state index in [4.69, 9.17) is 0 Å². The first-order chi connectivity index (χ1) is 9.98. The van der Waals surface area contributed by atoms with Crippen molar-refractivity contribution < 1.29 is 13.2 Å². The predicted octanol–water partition coefficient (Wildman–Crippen LogP) is 4.89. The van der Waals surface area contributed by atoms with Gasteiger partial charge >= 0.3 is 6.18 Å². The number of halogens is 3. The van der Waals surface area contributed by atoms with E-state index in [1.165, 1.54) is 5.56 Å². The van der Waals surface area contributed by atoms with Gasteiger partial charge in [-0.05, 0) is 37.3 Å². The van der Waals surface area contributed by atoms with Crippen LogP contribution in [0.3, 0.4) is 0 Å². The van der Waals surface area contributed by atoms with Crippen LogP contribution in [-0.2, 0) is 0 Å². The lowest BCUT2D eigenvalue weighted by atomic mass is 9.84. The van der Waals surface area contributed by atoms with E-state index in [0.29, 0.717) is 25.3 Å². The predicted molar refractivity (Wildman–Crippen MR) is 79.3 cm³/mol. The van der Waals surface area contributed by atoms with Crippen molar-refractivity contribution in [3.05, 3.63) is 35.9 Å². The molecule has 2 rings (SSSR count). The van der Waals surface area contributed by atoms with Crippen LogP contribution in [0.1, 0.15) is 50.5 Å². The highest BCUT2D eigenvalue weighted by molar-refractivity contribution is 5.18. The lowest BCUT2D eigenvalue weighted by Crippen LogP contribution is -2.45. The minimum Gasteiger partial charge on any atom is -0.313 e. The summed E-state index contributed by atoms with van der Waals surface area (Å²) in [6.07, 6.45) is -0.686. The van der Waals surface area contributed by atoms with Gasteiger partial charge in [0.15, 0.2) is 0 Å². The Balaban J connectivity index is 1.81. The Labute approximate surface area is 124 Å². The van der Waals surface area contributed by atoms with Crippen molar-refractivity contribution >= 4 is 0 Å². The van der Waals surface area contributed by atoms with E-state index in [1.807, 2.05) is 18.2 Å². The summed E-state index contributed by atoms with van der Waals surface area (Å²) in [6.45, 7) is 2.77. The fourth-order valence-electron chi connectivity index (χ4n) is 3.20. The molecule has 1 aromatic carbocycles. The van der Waals surface area contributed by atoms with Crippen LogP contribution in [0.4, 0.5) is 13.2 Å². The summed E-state index contributed by atoms with van der Waals surface area (Å²) in [4.78, 5) is 0. The molecule has 1 N–H and O–H groups in total. The van der Waals surface area contributed by atoms with E-state index in [-0.39, 0.29) is 6.42 Å². The van der Waals surface area contributed by atoms with Crippen molar-refractivity contribution in [1.29, 1.82) is 0 Å². The smallest absolute Gasteiger partial charge is 0.313 e. The highest BCUT2D eigenvalue weighted by atomic mass is 19.4. The molecule has 0 saturated heterocycles. The second-order valence-electron chi connectivity index (χ2n) is 6.09. The summed E-state index contributed by atoms with van der Waals surface area (Å²) in [5.41, 5.74) is 1.25. The molecule has 0 bridgehead atoms. The number of alkyl halides is 3. The summed E-state index contributed by atoms with van der Waals surface area (Å²) in [7, 11) is 0. The zero-order valence-corrected chi connectivity index (χ0v) is 12.5. The molecule has 1 fully saturated rings. The lowest BCUT2D eigenvalue weighted by molar-refractivity contribution is -0.188. The molecule has 1 aromatic rings. The van der Waals surface area contributed by atoms with Gasteiger partial charge in [0, 0.05) is 6.04 Å². The van der Waals surface area contributed by atoms with Crippen molar-refractivity contribution in [3.8, 4) is 0 Å². The molecule has 118 valence electrons. The zero-order chi connectivity index (χ0) is 15.3. The van der Waals surface area contributed by atoms with Crippen LogP contribution < -0.4 is 5.32 Å². The van der Waals surface area contributed by atoms with Crippen LogP contribution in [0.15, 0.2) is 30.3 Å². The molecule has 0 spiro atoms. The van der Waals surface area contributed by atoms with Crippen LogP contribution >= 0.6 is 0 Å². The number of nitrogens with one attached hydrogen (secondary N) is 1. The quantitative estimate of drug-likeness (QED) is 0.816. The number of hydrogen-bond donors (Lipinski definition) is 1. The van der Waals surface area contributed by atoms with Crippen molar-refractivity contribution in [2.75, 3.05) is 6.54 Å². The van der Waals surface area contributed by atoms with E-state index >= 15 is 0 Å². The average molecular weight is 299 g/mol. The number of benzene rings is 1. The number of rotatable bonds is 5. The Kier molecular flexibility index (Phi) is 5.68. The largest absolute Gasteiger partial charge is 0.393 e. The van der Waals surface area contributed by atoms with Crippen molar-refractivity contribution in [3.63, 3.8) is 0 Å². The Bertz CT molecular complexity index is 416. The van der Waals surface area contributed by atoms with E-state index in [1.54, 1.807) is 0 Å². The average Bonchev–Trinajstić information content (AvgIpc) is 2.47. The molecule has 0 aromatic heterocycles. The maximum absolute atomic E-state index is 13.0. The molecular weight excluding hydrogens is 275 g/mol. The standard InChI is InChI=1S/C17H24F3N/c1-13(14-7-3-2-4-8-14)11-12-21-16-10-6-5-9-15(16)17(18,19)20/h2-4,7-8,13,15-16,21H,5-6,9-12H2,1H3. The maximum atomic E-state index is 13.0. The van der Waals surface area contributed by atoms with Crippen molar-refractivity contribution in [2.45, 2.75) is 57.2 Å². The highest BCUT2D eigenvalue weighted by Crippen LogP contribution is 2.37. The number of hydrogen-bond acceptors (Lipinski definition) is 1. The van der Waals surface area contributed by atoms with Crippen LogP contribution in [0.5, 0.6) is 0 Å². The van der Waals surface area contributed by atoms with E-state index in [0.717, 1.165) is 12.8 Å². The summed E-state index contributed by atoms with van der Waals surface area (Å²) in [5.74, 6) is -0.801. The fraction of sp³-hybridized carbons (Fsp3) is 0.647. The first-order valence-electron chi connectivity index (χ1n) is 7.83. The third-order valence-corrected chi connectivity index (χ3v) is 4.54. The molecule has 0 heterocycles. The normalized spacial score (nSPS) is 24.8. The molecule has 0 amide bonds. The molecule has 1 saturated carbocycles. The second kappa shape index (κ2) is 7.30. The van der Waals surface area contributed by atoms with Gasteiger partial charge in [-0.2, -0.15) is 13.2 Å². The summed E-state index contributed by atoms with van der Waals surface area (Å²) in [5, 5.41) is 3.16. The molecule has 4 heteroatoms. The van der Waals surface area contributed by atoms with Gasteiger partial charge in [0.25, 0.3) is 0 Å². The van der Waals surface area contributed by atoms with Crippen molar-refractivity contribution in [2.24, 2.45) is 5.92 Å². The first-order valence-corrected chi connectivity index (χ1v) is 7.83. The van der Waals surface area contributed by atoms with E-state index < -0.39 is 18.1 Å². The topological polar surface area (TPSA) is 12.0 Å². The Morgan fingerprint density at radius 3 is 2.48 bits per heavy atom. The monoisotopic (exact) mass is 299 g/mol. The van der Waals surface area contributed by atoms with Crippen LogP contribution in [0.25, 0.3) is 0 Å². The molecule has 1 aliphatic rings. The van der Waals surface area contributed by atoms with Gasteiger partial charge in [0.05, 0.1) is 5.92 Å². The van der Waals surface area contributed by atoms with Gasteiger partial charge in [-0.1, -0.05) is 50.1 Å². The van der Waals surface area contributed by atoms with Gasteiger partial charge < -0.3 is 5.32 Å². The van der Waals surface area contributed by atoms with Crippen LogP contribution in [0, 0.1) is 5.92 Å². The van der Waals surface area contributed by atoms with Crippen LogP contribution in [0.2, 0.25) is 0 Å². The maximum Gasteiger partial charge on any atom is 0.393 e. The molecule has 3 unspecified atom stereocenters. The Hall–Kier alpha value is -1.03. The van der Waals surface area contributed by atoms with E-state index in [9.17, 15) is 13.2 Å². The first kappa shape index (κ1) is 16.3. The lowest BCUT2D eigenvalue weighted by Gasteiger charge is -2.34. The summed E-state index contributed by atoms with van der Waals surface area (Å²) < 4.78 is 39.0. The summed E-state index contributed by atoms with van der Waals surface area (Å²) >= 11 is 0. The molecule has 0 radical (unpaired) electrons. The molecule has 1 aliphatic carbocycles. The third-order valence-electron chi connectivity index (χ3n) is 4.54. The molecule has 3 atom stereocenters. The minimum atomic E-state index is -4.07. The van der Waals surface area contributed by atoms with Gasteiger partial charge in [-0.15, -0.1) is 0 Å². The SMILES string of the molecule is CC(CCNC1CCCCC1C(F)(F)F)c1ccccc1. The van der Waals surface area contributed by atoms with Crippen molar-refractivity contribution in [1.82, 2.24) is 5.32 Å². The molecule has 21 heavy (non-hydrogen) atoms. The molecule has 1 nitrogen and oxygen atoms in total. The van der Waals surface area contributed by atoms with Gasteiger partial charge in [-0.25, -0.2) is 0 Å². The van der Waals surface area contributed by atoms with Gasteiger partial charge in [-0.3, -0.25) is 0 Å². The van der Waals surface area contributed by atoms with Gasteiger partial charge in [0.1, 0.15) is 0 Å². The zero-order valence-electron chi connectivity index (χ0n) is 12.5. The summed E-state index contributed by atoms with van der Waals surface area (Å²) in [6, 6.07) is 9.72. The highest BCUT2D eigenvalue weighted by Gasteiger charge is 2.45. The molecular formula is C17H24F3N. The van der Waals surface area contributed by atoms with Crippen LogP contribution in [-0.4, -0.2) is 18.8 Å². The Morgan fingerprint density at radius 2 is 1.81 bits per heavy atom. The Morgan fingerprint density at radius 1 is 1.14 bits per heavy atom. The minimum absolute atomic E-state index is 0.273. The van der Waals surface area contributed by atoms with Gasteiger partial charge in [0.2, 0.25) is 0 Å². The fourth-order valence-corrected chi connectivity index (χ4v) is 3.20. The second-order valence-corrected chi connectivity index (χ2v) is 6.09.